The van der Waals surface area contributed by atoms with E-state index in [1.165, 1.54) is 6.92 Å². The highest BCUT2D eigenvalue weighted by Gasteiger charge is 2.39. The Labute approximate surface area is 178 Å². The second kappa shape index (κ2) is 13.7. The van der Waals surface area contributed by atoms with Gasteiger partial charge in [-0.05, 0) is 31.9 Å². The average molecular weight is 449 g/mol. The summed E-state index contributed by atoms with van der Waals surface area (Å²) in [6.07, 6.45) is -0.653. The Bertz CT molecular complexity index is 772. The lowest BCUT2D eigenvalue weighted by molar-refractivity contribution is -0.156. The molecule has 6 nitrogen and oxygen atoms in total. The number of nitrogens with zero attached hydrogens (tertiary/aromatic N) is 2. The third kappa shape index (κ3) is 7.40. The smallest absolute Gasteiger partial charge is 0.351 e. The van der Waals surface area contributed by atoms with E-state index >= 15 is 0 Å². The lowest BCUT2D eigenvalue weighted by Crippen LogP contribution is -2.32. The Kier molecular flexibility index (Phi) is 12.5. The van der Waals surface area contributed by atoms with Crippen LogP contribution in [0.25, 0.3) is 10.6 Å². The highest BCUT2D eigenvalue weighted by Crippen LogP contribution is 2.38. The standard InChI is InChI=1S/C18H23F3N2O2S.2CH2O/c1-4-6-7-11-23(10-5-2)17(24)14-9-8-13(26-14)15-12(3)16(25-22-15)18(19,20)21;2*1-2/h8-9H,4-7,10-11H2,1-3H3;2*1H2. The quantitative estimate of drug-likeness (QED) is 0.505. The van der Waals surface area contributed by atoms with Crippen molar-refractivity contribution in [3.8, 4) is 10.6 Å². The fourth-order valence-electron chi connectivity index (χ4n) is 2.70. The van der Waals surface area contributed by atoms with Crippen molar-refractivity contribution < 1.29 is 32.1 Å². The topological polar surface area (TPSA) is 80.5 Å². The third-order valence-electron chi connectivity index (χ3n) is 4.04. The molecule has 1 amide bonds. The number of carbonyl (C=O) groups is 3. The first-order valence-electron chi connectivity index (χ1n) is 9.30. The van der Waals surface area contributed by atoms with E-state index in [2.05, 4.69) is 16.6 Å². The molecule has 2 rings (SSSR count). The molecule has 0 spiro atoms. The van der Waals surface area contributed by atoms with Gasteiger partial charge in [-0.1, -0.05) is 31.8 Å². The predicted molar refractivity (Wildman–Crippen MR) is 110 cm³/mol. The summed E-state index contributed by atoms with van der Waals surface area (Å²) in [4.78, 5) is 31.5. The minimum atomic E-state index is -4.58. The van der Waals surface area contributed by atoms with Crippen LogP contribution in [-0.2, 0) is 15.8 Å². The van der Waals surface area contributed by atoms with Crippen LogP contribution in [0.5, 0.6) is 0 Å². The molecule has 0 fully saturated rings. The van der Waals surface area contributed by atoms with Gasteiger partial charge < -0.3 is 19.0 Å². The molecule has 2 aromatic rings. The minimum absolute atomic E-state index is 0.0632. The molecule has 0 N–H and O–H groups in total. The van der Waals surface area contributed by atoms with Crippen LogP contribution < -0.4 is 0 Å². The molecule has 30 heavy (non-hydrogen) atoms. The number of aromatic nitrogens is 1. The van der Waals surface area contributed by atoms with Gasteiger partial charge in [0.25, 0.3) is 5.91 Å². The van der Waals surface area contributed by atoms with Crippen LogP contribution in [0.15, 0.2) is 16.7 Å². The molecule has 0 atom stereocenters. The fourth-order valence-corrected chi connectivity index (χ4v) is 3.72. The zero-order valence-corrected chi connectivity index (χ0v) is 18.2. The van der Waals surface area contributed by atoms with E-state index in [1.54, 1.807) is 12.1 Å². The molecule has 0 aliphatic heterocycles. The Hall–Kier alpha value is -2.49. The zero-order valence-electron chi connectivity index (χ0n) is 17.4. The highest BCUT2D eigenvalue weighted by molar-refractivity contribution is 7.17. The van der Waals surface area contributed by atoms with Gasteiger partial charge >= 0.3 is 6.18 Å². The second-order valence-electron chi connectivity index (χ2n) is 6.15. The van der Waals surface area contributed by atoms with Crippen LogP contribution in [0.3, 0.4) is 0 Å². The number of unbranched alkanes of at least 4 members (excludes halogenated alkanes) is 2. The van der Waals surface area contributed by atoms with Crippen molar-refractivity contribution in [2.75, 3.05) is 13.1 Å². The highest BCUT2D eigenvalue weighted by atomic mass is 32.1. The molecule has 10 heteroatoms. The number of hydrogen-bond acceptors (Lipinski definition) is 6. The molecule has 0 aromatic carbocycles. The van der Waals surface area contributed by atoms with Gasteiger partial charge in [0, 0.05) is 18.7 Å². The van der Waals surface area contributed by atoms with Gasteiger partial charge in [-0.3, -0.25) is 4.79 Å². The van der Waals surface area contributed by atoms with Crippen molar-refractivity contribution in [2.45, 2.75) is 52.6 Å². The normalized spacial score (nSPS) is 10.5. The zero-order chi connectivity index (χ0) is 23.3. The van der Waals surface area contributed by atoms with Crippen molar-refractivity contribution in [3.63, 3.8) is 0 Å². The van der Waals surface area contributed by atoms with Crippen LogP contribution >= 0.6 is 11.3 Å². The SMILES string of the molecule is C=O.C=O.CCCCCN(CCC)C(=O)c1ccc(-c2noc(C(F)(F)F)c2C)s1. The summed E-state index contributed by atoms with van der Waals surface area (Å²) in [6, 6.07) is 3.27. The molecular formula is C20H27F3N2O4S. The van der Waals surface area contributed by atoms with Gasteiger partial charge in [-0.2, -0.15) is 13.2 Å². The Morgan fingerprint density at radius 2 is 1.73 bits per heavy atom. The van der Waals surface area contributed by atoms with Gasteiger partial charge in [-0.25, -0.2) is 0 Å². The van der Waals surface area contributed by atoms with Crippen LogP contribution in [0.4, 0.5) is 13.2 Å². The Morgan fingerprint density at radius 3 is 2.23 bits per heavy atom. The molecule has 168 valence electrons. The maximum atomic E-state index is 12.9. The van der Waals surface area contributed by atoms with E-state index in [0.29, 0.717) is 22.8 Å². The third-order valence-corrected chi connectivity index (χ3v) is 5.12. The maximum absolute atomic E-state index is 12.9. The molecule has 0 saturated heterocycles. The molecule has 0 saturated carbocycles. The van der Waals surface area contributed by atoms with Crippen molar-refractivity contribution in [1.82, 2.24) is 10.1 Å². The van der Waals surface area contributed by atoms with Gasteiger partial charge in [0.2, 0.25) is 5.76 Å². The van der Waals surface area contributed by atoms with Crippen LogP contribution in [0, 0.1) is 6.92 Å². The summed E-state index contributed by atoms with van der Waals surface area (Å²) in [5.74, 6) is -1.18. The summed E-state index contributed by atoms with van der Waals surface area (Å²) in [7, 11) is 0. The lowest BCUT2D eigenvalue weighted by Gasteiger charge is -2.21. The maximum Gasteiger partial charge on any atom is 0.452 e. The van der Waals surface area contributed by atoms with Gasteiger partial charge in [0.05, 0.1) is 9.75 Å². The van der Waals surface area contributed by atoms with E-state index in [4.69, 9.17) is 9.59 Å². The largest absolute Gasteiger partial charge is 0.452 e. The molecule has 0 aliphatic rings. The Morgan fingerprint density at radius 1 is 1.10 bits per heavy atom. The Balaban J connectivity index is 0.00000198. The number of thiophene rings is 1. The predicted octanol–water partition coefficient (Wildman–Crippen LogP) is 5.40. The summed E-state index contributed by atoms with van der Waals surface area (Å²) in [5.41, 5.74) is 0.0705. The van der Waals surface area contributed by atoms with Crippen LogP contribution in [0.2, 0.25) is 0 Å². The molecule has 2 aromatic heterocycles. The van der Waals surface area contributed by atoms with Crippen LogP contribution in [0.1, 0.15) is 60.5 Å². The van der Waals surface area contributed by atoms with Gasteiger partial charge in [-0.15, -0.1) is 11.3 Å². The lowest BCUT2D eigenvalue weighted by atomic mass is 10.2. The summed E-state index contributed by atoms with van der Waals surface area (Å²) in [5, 5.41) is 3.56. The summed E-state index contributed by atoms with van der Waals surface area (Å²) < 4.78 is 43.0. The number of alkyl halides is 3. The van der Waals surface area contributed by atoms with Crippen molar-refractivity contribution in [2.24, 2.45) is 0 Å². The molecule has 0 radical (unpaired) electrons. The van der Waals surface area contributed by atoms with Crippen molar-refractivity contribution >= 4 is 30.8 Å². The van der Waals surface area contributed by atoms with E-state index in [0.717, 1.165) is 37.0 Å². The van der Waals surface area contributed by atoms with Crippen molar-refractivity contribution in [3.05, 3.63) is 28.3 Å². The minimum Gasteiger partial charge on any atom is -0.351 e. The van der Waals surface area contributed by atoms with E-state index in [9.17, 15) is 18.0 Å². The first kappa shape index (κ1) is 27.5. The molecule has 2 heterocycles. The molecular weight excluding hydrogens is 421 g/mol. The van der Waals surface area contributed by atoms with E-state index < -0.39 is 11.9 Å². The first-order chi connectivity index (χ1) is 14.3. The number of halogens is 3. The monoisotopic (exact) mass is 448 g/mol. The number of rotatable bonds is 8. The molecule has 0 bridgehead atoms. The van der Waals surface area contributed by atoms with Gasteiger partial charge in [0.15, 0.2) is 0 Å². The second-order valence-corrected chi connectivity index (χ2v) is 7.23. The van der Waals surface area contributed by atoms with Crippen molar-refractivity contribution in [1.29, 1.82) is 0 Å². The van der Waals surface area contributed by atoms with E-state index in [1.807, 2.05) is 25.4 Å². The summed E-state index contributed by atoms with van der Waals surface area (Å²) >= 11 is 1.14. The van der Waals surface area contributed by atoms with E-state index in [-0.39, 0.29) is 17.2 Å². The fraction of sp³-hybridized carbons (Fsp3) is 0.500. The molecule has 0 unspecified atom stereocenters. The summed E-state index contributed by atoms with van der Waals surface area (Å²) in [6.45, 7) is 10.8. The first-order valence-corrected chi connectivity index (χ1v) is 10.1. The number of hydrogen-bond donors (Lipinski definition) is 0. The van der Waals surface area contributed by atoms with Gasteiger partial charge in [0.1, 0.15) is 19.3 Å². The number of amides is 1. The molecule has 0 aliphatic carbocycles. The van der Waals surface area contributed by atoms with Crippen LogP contribution in [-0.4, -0.2) is 42.6 Å². The number of carbonyl (C=O) groups excluding carboxylic acids is 3. The average Bonchev–Trinajstić information content (AvgIpc) is 3.36.